The highest BCUT2D eigenvalue weighted by Gasteiger charge is 2.47. The highest BCUT2D eigenvalue weighted by molar-refractivity contribution is 6.01. The Bertz CT molecular complexity index is 511. The summed E-state index contributed by atoms with van der Waals surface area (Å²) < 4.78 is 0. The van der Waals surface area contributed by atoms with Crippen LogP contribution in [0.15, 0.2) is 24.3 Å². The monoisotopic (exact) mass is 251 g/mol. The first kappa shape index (κ1) is 12.5. The Morgan fingerprint density at radius 1 is 1.50 bits per heavy atom. The lowest BCUT2D eigenvalue weighted by Crippen LogP contribution is -2.39. The number of amides is 1. The Morgan fingerprint density at radius 2 is 2.17 bits per heavy atom. The van der Waals surface area contributed by atoms with Crippen LogP contribution in [0.4, 0.5) is 5.69 Å². The minimum absolute atomic E-state index is 0.0429. The molecule has 1 heterocycles. The van der Waals surface area contributed by atoms with Gasteiger partial charge in [-0.1, -0.05) is 6.07 Å². The van der Waals surface area contributed by atoms with Crippen molar-refractivity contribution >= 4 is 17.6 Å². The van der Waals surface area contributed by atoms with Crippen LogP contribution in [0.2, 0.25) is 0 Å². The summed E-state index contributed by atoms with van der Waals surface area (Å²) in [6.45, 7) is 1.28. The molecule has 2 rings (SSSR count). The molecule has 18 heavy (non-hydrogen) atoms. The number of carbonyl (C=O) groups excluding carboxylic acids is 1. The van der Waals surface area contributed by atoms with Crippen LogP contribution in [-0.4, -0.2) is 45.4 Å². The third kappa shape index (κ3) is 1.96. The van der Waals surface area contributed by atoms with Crippen LogP contribution in [0.5, 0.6) is 0 Å². The number of hydrogen-bond acceptors (Lipinski definition) is 4. The van der Waals surface area contributed by atoms with Gasteiger partial charge in [0.2, 0.25) is 0 Å². The number of rotatable bonds is 2. The average Bonchev–Trinajstić information content (AvgIpc) is 2.53. The third-order valence-electron chi connectivity index (χ3n) is 2.97. The fourth-order valence-corrected chi connectivity index (χ4v) is 1.92. The standard InChI is InChI=1S/C12H13NO5/c1-12(18)6-13(10(15)9(12)14)8-4-2-3-7(5-8)11(16)17/h2-5,9,14,18H,6H2,1H3,(H,16,17). The quantitative estimate of drug-likeness (QED) is 0.678. The molecule has 2 atom stereocenters. The van der Waals surface area contributed by atoms with Gasteiger partial charge in [0, 0.05) is 5.69 Å². The van der Waals surface area contributed by atoms with Crippen LogP contribution < -0.4 is 4.90 Å². The highest BCUT2D eigenvalue weighted by atomic mass is 16.4. The molecule has 0 aromatic heterocycles. The molecule has 6 nitrogen and oxygen atoms in total. The summed E-state index contributed by atoms with van der Waals surface area (Å²) in [5.74, 6) is -1.74. The zero-order chi connectivity index (χ0) is 13.5. The first-order valence-electron chi connectivity index (χ1n) is 5.38. The summed E-state index contributed by atoms with van der Waals surface area (Å²) in [6.07, 6.45) is -1.49. The van der Waals surface area contributed by atoms with Gasteiger partial charge in [0.1, 0.15) is 5.60 Å². The maximum Gasteiger partial charge on any atom is 0.335 e. The van der Waals surface area contributed by atoms with Crippen molar-refractivity contribution in [2.24, 2.45) is 0 Å². The molecule has 1 saturated heterocycles. The molecule has 3 N–H and O–H groups in total. The Kier molecular flexibility index (Phi) is 2.84. The predicted molar refractivity (Wildman–Crippen MR) is 62.4 cm³/mol. The molecular weight excluding hydrogens is 238 g/mol. The lowest BCUT2D eigenvalue weighted by Gasteiger charge is -2.19. The van der Waals surface area contributed by atoms with Gasteiger partial charge in [0.15, 0.2) is 6.10 Å². The van der Waals surface area contributed by atoms with E-state index >= 15 is 0 Å². The van der Waals surface area contributed by atoms with Gasteiger partial charge in [-0.05, 0) is 25.1 Å². The first-order chi connectivity index (χ1) is 8.33. The van der Waals surface area contributed by atoms with Crippen LogP contribution in [0.25, 0.3) is 0 Å². The maximum atomic E-state index is 11.8. The fourth-order valence-electron chi connectivity index (χ4n) is 1.92. The number of nitrogens with zero attached hydrogens (tertiary/aromatic N) is 1. The molecule has 1 aliphatic rings. The van der Waals surface area contributed by atoms with Gasteiger partial charge >= 0.3 is 5.97 Å². The zero-order valence-electron chi connectivity index (χ0n) is 9.70. The summed E-state index contributed by atoms with van der Waals surface area (Å²) in [7, 11) is 0. The number of anilines is 1. The number of β-amino-alcohol motifs (C(OH)–C–C–N with tert-alkyl or cyclic N) is 1. The van der Waals surface area contributed by atoms with E-state index in [1.165, 1.54) is 30.0 Å². The van der Waals surface area contributed by atoms with Gasteiger partial charge in [0.05, 0.1) is 12.1 Å². The van der Waals surface area contributed by atoms with Gasteiger partial charge in [-0.25, -0.2) is 4.79 Å². The van der Waals surface area contributed by atoms with Crippen molar-refractivity contribution in [3.63, 3.8) is 0 Å². The minimum atomic E-state index is -1.53. The van der Waals surface area contributed by atoms with Crippen molar-refractivity contribution < 1.29 is 24.9 Å². The van der Waals surface area contributed by atoms with Gasteiger partial charge in [0.25, 0.3) is 5.91 Å². The molecule has 96 valence electrons. The van der Waals surface area contributed by atoms with E-state index in [4.69, 9.17) is 5.11 Å². The summed E-state index contributed by atoms with van der Waals surface area (Å²) in [5.41, 5.74) is -1.14. The predicted octanol–water partition coefficient (Wildman–Crippen LogP) is -0.157. The highest BCUT2D eigenvalue weighted by Crippen LogP contribution is 2.28. The van der Waals surface area contributed by atoms with E-state index in [-0.39, 0.29) is 12.1 Å². The Morgan fingerprint density at radius 3 is 2.67 bits per heavy atom. The minimum Gasteiger partial charge on any atom is -0.478 e. The molecular formula is C12H13NO5. The Labute approximate surface area is 103 Å². The third-order valence-corrected chi connectivity index (χ3v) is 2.97. The Hall–Kier alpha value is -1.92. The van der Waals surface area contributed by atoms with E-state index in [1.54, 1.807) is 6.07 Å². The fraction of sp³-hybridized carbons (Fsp3) is 0.333. The largest absolute Gasteiger partial charge is 0.478 e. The smallest absolute Gasteiger partial charge is 0.335 e. The van der Waals surface area contributed by atoms with E-state index in [0.717, 1.165) is 0 Å². The normalized spacial score (nSPS) is 27.6. The van der Waals surface area contributed by atoms with Crippen molar-refractivity contribution in [1.82, 2.24) is 0 Å². The zero-order valence-corrected chi connectivity index (χ0v) is 9.70. The van der Waals surface area contributed by atoms with E-state index in [0.29, 0.717) is 5.69 Å². The van der Waals surface area contributed by atoms with Crippen molar-refractivity contribution in [3.05, 3.63) is 29.8 Å². The number of aliphatic hydroxyl groups excluding tert-OH is 1. The second-order valence-electron chi connectivity index (χ2n) is 4.54. The second kappa shape index (κ2) is 4.08. The van der Waals surface area contributed by atoms with Gasteiger partial charge in [-0.3, -0.25) is 4.79 Å². The van der Waals surface area contributed by atoms with Crippen LogP contribution in [0.1, 0.15) is 17.3 Å². The summed E-state index contributed by atoms with van der Waals surface area (Å²) in [4.78, 5) is 23.8. The van der Waals surface area contributed by atoms with Gasteiger partial charge < -0.3 is 20.2 Å². The molecule has 2 unspecified atom stereocenters. The van der Waals surface area contributed by atoms with E-state index in [9.17, 15) is 19.8 Å². The van der Waals surface area contributed by atoms with Crippen LogP contribution >= 0.6 is 0 Å². The van der Waals surface area contributed by atoms with E-state index < -0.39 is 23.6 Å². The van der Waals surface area contributed by atoms with Crippen molar-refractivity contribution in [1.29, 1.82) is 0 Å². The van der Waals surface area contributed by atoms with Gasteiger partial charge in [-0.2, -0.15) is 0 Å². The maximum absolute atomic E-state index is 11.8. The SMILES string of the molecule is CC1(O)CN(c2cccc(C(=O)O)c2)C(=O)C1O. The van der Waals surface area contributed by atoms with Crippen LogP contribution in [-0.2, 0) is 4.79 Å². The summed E-state index contributed by atoms with van der Waals surface area (Å²) in [5, 5.41) is 28.3. The summed E-state index contributed by atoms with van der Waals surface area (Å²) >= 11 is 0. The number of benzene rings is 1. The lowest BCUT2D eigenvalue weighted by atomic mass is 10.0. The molecule has 1 aromatic carbocycles. The number of carboxylic acids is 1. The first-order valence-corrected chi connectivity index (χ1v) is 5.38. The molecule has 0 saturated carbocycles. The number of aromatic carboxylic acids is 1. The molecule has 0 bridgehead atoms. The topological polar surface area (TPSA) is 98.1 Å². The molecule has 0 radical (unpaired) electrons. The number of carboxylic acid groups (broad SMARTS) is 1. The molecule has 0 spiro atoms. The molecule has 1 fully saturated rings. The number of hydrogen-bond donors (Lipinski definition) is 3. The van der Waals surface area contributed by atoms with Gasteiger partial charge in [-0.15, -0.1) is 0 Å². The molecule has 1 aliphatic heterocycles. The molecule has 0 aliphatic carbocycles. The van der Waals surface area contributed by atoms with Crippen LogP contribution in [0, 0.1) is 0 Å². The van der Waals surface area contributed by atoms with Crippen molar-refractivity contribution in [2.75, 3.05) is 11.4 Å². The summed E-state index contributed by atoms with van der Waals surface area (Å²) in [6, 6.07) is 5.79. The molecule has 6 heteroatoms. The second-order valence-corrected chi connectivity index (χ2v) is 4.54. The van der Waals surface area contributed by atoms with E-state index in [1.807, 2.05) is 0 Å². The Balaban J connectivity index is 2.36. The average molecular weight is 251 g/mol. The van der Waals surface area contributed by atoms with E-state index in [2.05, 4.69) is 0 Å². The van der Waals surface area contributed by atoms with Crippen molar-refractivity contribution in [3.8, 4) is 0 Å². The number of aliphatic hydroxyl groups is 2. The number of carbonyl (C=O) groups is 2. The van der Waals surface area contributed by atoms with Crippen LogP contribution in [0.3, 0.4) is 0 Å². The lowest BCUT2D eigenvalue weighted by molar-refractivity contribution is -0.130. The molecule has 1 amide bonds. The molecule has 1 aromatic rings. The van der Waals surface area contributed by atoms with Crippen molar-refractivity contribution in [2.45, 2.75) is 18.6 Å².